The maximum absolute atomic E-state index is 10.9. The molecule has 29 heavy (non-hydrogen) atoms. The molecule has 6 nitrogen and oxygen atoms in total. The first-order valence-corrected chi connectivity index (χ1v) is 11.5. The lowest BCUT2D eigenvalue weighted by Crippen LogP contribution is -2.47. The zero-order valence-corrected chi connectivity index (χ0v) is 18.2. The molecular formula is C20H20ClN5OS2. The van der Waals surface area contributed by atoms with Gasteiger partial charge in [-0.25, -0.2) is 4.98 Å². The molecule has 1 aliphatic rings. The summed E-state index contributed by atoms with van der Waals surface area (Å²) in [6.45, 7) is 5.43. The van der Waals surface area contributed by atoms with E-state index in [1.165, 1.54) is 16.2 Å². The molecule has 3 aromatic heterocycles. The van der Waals surface area contributed by atoms with Gasteiger partial charge in [-0.1, -0.05) is 35.1 Å². The second-order valence-corrected chi connectivity index (χ2v) is 9.49. The molecule has 5 rings (SSSR count). The van der Waals surface area contributed by atoms with E-state index in [9.17, 15) is 5.11 Å². The van der Waals surface area contributed by atoms with E-state index in [1.807, 2.05) is 25.1 Å². The van der Waals surface area contributed by atoms with Crippen molar-refractivity contribution in [1.29, 1.82) is 0 Å². The molecule has 0 amide bonds. The Morgan fingerprint density at radius 3 is 2.66 bits per heavy atom. The number of thiophene rings is 1. The number of anilines is 1. The summed E-state index contributed by atoms with van der Waals surface area (Å²) in [6, 6.07) is 12.2. The third-order valence-electron chi connectivity index (χ3n) is 5.22. The minimum atomic E-state index is 0.00492. The molecule has 1 saturated heterocycles. The average molecular weight is 446 g/mol. The second kappa shape index (κ2) is 7.60. The molecule has 1 aromatic carbocycles. The Balaban J connectivity index is 1.44. The minimum absolute atomic E-state index is 0.00492. The molecule has 0 saturated carbocycles. The van der Waals surface area contributed by atoms with Gasteiger partial charge in [0.25, 0.3) is 0 Å². The van der Waals surface area contributed by atoms with Gasteiger partial charge in [0, 0.05) is 41.8 Å². The maximum Gasteiger partial charge on any atom is 0.230 e. The van der Waals surface area contributed by atoms with Gasteiger partial charge in [0.15, 0.2) is 0 Å². The van der Waals surface area contributed by atoms with E-state index in [0.29, 0.717) is 5.82 Å². The van der Waals surface area contributed by atoms with Crippen LogP contribution in [0.2, 0.25) is 5.02 Å². The van der Waals surface area contributed by atoms with Crippen molar-refractivity contribution < 1.29 is 5.11 Å². The van der Waals surface area contributed by atoms with Gasteiger partial charge in [0.05, 0.1) is 10.9 Å². The van der Waals surface area contributed by atoms with E-state index < -0.39 is 0 Å². The smallest absolute Gasteiger partial charge is 0.230 e. The highest BCUT2D eigenvalue weighted by Gasteiger charge is 2.32. The number of aryl methyl sites for hydroxylation is 1. The number of piperazine rings is 1. The number of nitrogens with zero attached hydrogens (tertiary/aromatic N) is 5. The summed E-state index contributed by atoms with van der Waals surface area (Å²) >= 11 is 9.40. The van der Waals surface area contributed by atoms with Crippen molar-refractivity contribution in [2.45, 2.75) is 13.0 Å². The molecule has 1 N–H and O–H groups in total. The Hall–Kier alpha value is -2.13. The number of benzene rings is 1. The molecule has 1 atom stereocenters. The van der Waals surface area contributed by atoms with Crippen LogP contribution in [0.5, 0.6) is 5.88 Å². The molecule has 0 aliphatic carbocycles. The van der Waals surface area contributed by atoms with Crippen molar-refractivity contribution in [3.8, 4) is 5.88 Å². The van der Waals surface area contributed by atoms with Crippen LogP contribution in [0, 0.1) is 6.92 Å². The Bertz CT molecular complexity index is 1130. The molecule has 0 unspecified atom stereocenters. The van der Waals surface area contributed by atoms with Gasteiger partial charge in [0.2, 0.25) is 10.8 Å². The summed E-state index contributed by atoms with van der Waals surface area (Å²) in [6.07, 6.45) is 0. The van der Waals surface area contributed by atoms with Crippen LogP contribution in [0.3, 0.4) is 0 Å². The van der Waals surface area contributed by atoms with E-state index in [2.05, 4.69) is 43.5 Å². The molecule has 0 spiro atoms. The average Bonchev–Trinajstić information content (AvgIpc) is 3.43. The fourth-order valence-electron chi connectivity index (χ4n) is 3.86. The Morgan fingerprint density at radius 1 is 1.14 bits per heavy atom. The highest BCUT2D eigenvalue weighted by Crippen LogP contribution is 2.41. The Kier molecular flexibility index (Phi) is 4.95. The monoisotopic (exact) mass is 445 g/mol. The number of aromatic nitrogens is 3. The number of hydrogen-bond donors (Lipinski definition) is 1. The van der Waals surface area contributed by atoms with Crippen LogP contribution < -0.4 is 4.90 Å². The lowest BCUT2D eigenvalue weighted by molar-refractivity contribution is 0.213. The summed E-state index contributed by atoms with van der Waals surface area (Å²) in [4.78, 5) is 12.1. The van der Waals surface area contributed by atoms with Crippen molar-refractivity contribution in [1.82, 2.24) is 19.5 Å². The van der Waals surface area contributed by atoms with Gasteiger partial charge in [-0.05, 0) is 36.6 Å². The quantitative estimate of drug-likeness (QED) is 0.503. The van der Waals surface area contributed by atoms with E-state index in [-0.39, 0.29) is 11.9 Å². The highest BCUT2D eigenvalue weighted by atomic mass is 35.5. The van der Waals surface area contributed by atoms with E-state index in [1.54, 1.807) is 15.9 Å². The molecule has 1 aliphatic heterocycles. The van der Waals surface area contributed by atoms with Crippen molar-refractivity contribution in [2.24, 2.45) is 0 Å². The van der Waals surface area contributed by atoms with Crippen molar-refractivity contribution in [3.05, 3.63) is 62.4 Å². The van der Waals surface area contributed by atoms with Crippen molar-refractivity contribution in [3.63, 3.8) is 0 Å². The largest absolute Gasteiger partial charge is 0.492 e. The summed E-state index contributed by atoms with van der Waals surface area (Å²) in [5.74, 6) is 0.863. The fraction of sp³-hybridized carbons (Fsp3) is 0.300. The third-order valence-corrected chi connectivity index (χ3v) is 7.45. The number of hydrogen-bond acceptors (Lipinski definition) is 7. The lowest BCUT2D eigenvalue weighted by Gasteiger charge is -2.39. The van der Waals surface area contributed by atoms with Crippen LogP contribution in [0.25, 0.3) is 4.96 Å². The van der Waals surface area contributed by atoms with Gasteiger partial charge in [-0.2, -0.15) is 4.52 Å². The first-order chi connectivity index (χ1) is 14.1. The summed E-state index contributed by atoms with van der Waals surface area (Å²) in [5.41, 5.74) is 1.15. The molecule has 4 heterocycles. The molecule has 1 fully saturated rings. The van der Waals surface area contributed by atoms with Crippen LogP contribution >= 0.6 is 34.3 Å². The van der Waals surface area contributed by atoms with Gasteiger partial charge in [-0.15, -0.1) is 16.4 Å². The van der Waals surface area contributed by atoms with Crippen molar-refractivity contribution in [2.75, 3.05) is 31.1 Å². The fourth-order valence-corrected chi connectivity index (χ4v) is 6.14. The number of thiazole rings is 1. The number of rotatable bonds is 4. The first-order valence-electron chi connectivity index (χ1n) is 9.43. The molecular weight excluding hydrogens is 426 g/mol. The maximum atomic E-state index is 10.9. The van der Waals surface area contributed by atoms with E-state index >= 15 is 0 Å². The van der Waals surface area contributed by atoms with Gasteiger partial charge in [-0.3, -0.25) is 4.90 Å². The van der Waals surface area contributed by atoms with Gasteiger partial charge >= 0.3 is 0 Å². The highest BCUT2D eigenvalue weighted by molar-refractivity contribution is 7.17. The first kappa shape index (κ1) is 18.9. The van der Waals surface area contributed by atoms with E-state index in [4.69, 9.17) is 11.6 Å². The molecule has 9 heteroatoms. The molecule has 0 bridgehead atoms. The predicted molar refractivity (Wildman–Crippen MR) is 119 cm³/mol. The second-order valence-electron chi connectivity index (χ2n) is 7.06. The topological polar surface area (TPSA) is 56.9 Å². The summed E-state index contributed by atoms with van der Waals surface area (Å²) in [7, 11) is 0. The Labute approximate surface area is 181 Å². The van der Waals surface area contributed by atoms with Crippen LogP contribution in [0.4, 0.5) is 5.69 Å². The van der Waals surface area contributed by atoms with E-state index in [0.717, 1.165) is 46.7 Å². The third kappa shape index (κ3) is 3.50. The van der Waals surface area contributed by atoms with Crippen LogP contribution in [-0.4, -0.2) is 50.8 Å². The number of aromatic hydroxyl groups is 1. The van der Waals surface area contributed by atoms with Crippen LogP contribution in [0.1, 0.15) is 21.6 Å². The number of fused-ring (bicyclic) bond motifs is 1. The standard InChI is InChI=1S/C20H20ClN5OS2/c1-13-22-20-26(23-13)19(27)18(29-20)17(16-6-3-11-28-16)25-9-7-24(8-10-25)15-5-2-4-14(21)12-15/h2-6,11-12,17,27H,7-10H2,1H3/t17-/m0/s1. The predicted octanol–water partition coefficient (Wildman–Crippen LogP) is 4.43. The number of halogens is 1. The molecule has 150 valence electrons. The van der Waals surface area contributed by atoms with Gasteiger partial charge in [0.1, 0.15) is 5.82 Å². The van der Waals surface area contributed by atoms with Crippen LogP contribution in [-0.2, 0) is 0 Å². The molecule has 0 radical (unpaired) electrons. The summed E-state index contributed by atoms with van der Waals surface area (Å²) in [5, 5.41) is 18.1. The zero-order valence-electron chi connectivity index (χ0n) is 15.8. The molecule has 4 aromatic rings. The van der Waals surface area contributed by atoms with Crippen molar-refractivity contribution >= 4 is 44.9 Å². The summed E-state index contributed by atoms with van der Waals surface area (Å²) < 4.78 is 1.55. The minimum Gasteiger partial charge on any atom is -0.492 e. The van der Waals surface area contributed by atoms with Gasteiger partial charge < -0.3 is 10.0 Å². The van der Waals surface area contributed by atoms with Crippen LogP contribution in [0.15, 0.2) is 41.8 Å². The SMILES string of the molecule is Cc1nc2sc([C@H](c3cccs3)N3CCN(c4cccc(Cl)c4)CC3)c(O)n2n1. The Morgan fingerprint density at radius 2 is 1.97 bits per heavy atom. The zero-order chi connectivity index (χ0) is 20.0. The normalized spacial score (nSPS) is 16.6. The lowest BCUT2D eigenvalue weighted by atomic mass is 10.1.